The second-order valence-corrected chi connectivity index (χ2v) is 5.65. The second-order valence-electron chi connectivity index (χ2n) is 4.81. The van der Waals surface area contributed by atoms with Crippen LogP contribution in [-0.2, 0) is 0 Å². The molecule has 1 amide bonds. The molecule has 0 bridgehead atoms. The molecule has 102 valence electrons. The van der Waals surface area contributed by atoms with Crippen molar-refractivity contribution in [2.45, 2.75) is 31.7 Å². The van der Waals surface area contributed by atoms with Crippen LogP contribution in [0.1, 0.15) is 36.0 Å². The Morgan fingerprint density at radius 1 is 1.37 bits per heavy atom. The number of carbonyl (C=O) groups is 1. The molecule has 0 heterocycles. The van der Waals surface area contributed by atoms with Crippen LogP contribution in [0.2, 0.25) is 10.0 Å². The van der Waals surface area contributed by atoms with E-state index in [1.54, 1.807) is 24.3 Å². The van der Waals surface area contributed by atoms with Crippen molar-refractivity contribution in [2.75, 3.05) is 6.54 Å². The quantitative estimate of drug-likeness (QED) is 0.746. The minimum Gasteiger partial charge on any atom is -0.332 e. The van der Waals surface area contributed by atoms with Gasteiger partial charge >= 0.3 is 0 Å². The molecule has 0 atom stereocenters. The van der Waals surface area contributed by atoms with Gasteiger partial charge in [0.2, 0.25) is 0 Å². The Morgan fingerprint density at radius 2 is 2.05 bits per heavy atom. The van der Waals surface area contributed by atoms with Crippen LogP contribution >= 0.6 is 23.2 Å². The molecule has 0 aliphatic heterocycles. The summed E-state index contributed by atoms with van der Waals surface area (Å²) in [5, 5.41) is 0.947. The summed E-state index contributed by atoms with van der Waals surface area (Å²) in [6.45, 7) is 4.29. The fourth-order valence-electron chi connectivity index (χ4n) is 2.57. The van der Waals surface area contributed by atoms with Crippen molar-refractivity contribution < 1.29 is 4.79 Å². The standard InChI is InChI=1S/C15H17Cl2NO/c1-2-9-18(12-5-3-4-6-12)15(19)13-8-7-11(16)10-14(13)17/h2,7-8,10,12H,1,3-6,9H2. The molecule has 2 nitrogen and oxygen atoms in total. The highest BCUT2D eigenvalue weighted by molar-refractivity contribution is 6.36. The van der Waals surface area contributed by atoms with Crippen molar-refractivity contribution in [3.8, 4) is 0 Å². The predicted molar refractivity (Wildman–Crippen MR) is 80.0 cm³/mol. The van der Waals surface area contributed by atoms with Gasteiger partial charge in [-0.05, 0) is 31.0 Å². The number of hydrogen-bond acceptors (Lipinski definition) is 1. The molecule has 1 aromatic carbocycles. The third-order valence-corrected chi connectivity index (χ3v) is 4.06. The topological polar surface area (TPSA) is 20.3 Å². The summed E-state index contributed by atoms with van der Waals surface area (Å²) in [5.41, 5.74) is 0.514. The lowest BCUT2D eigenvalue weighted by atomic mass is 10.1. The Hall–Kier alpha value is -0.990. The minimum absolute atomic E-state index is 0.0338. The van der Waals surface area contributed by atoms with Gasteiger partial charge in [-0.2, -0.15) is 0 Å². The highest BCUT2D eigenvalue weighted by atomic mass is 35.5. The lowest BCUT2D eigenvalue weighted by Gasteiger charge is -2.28. The number of halogens is 2. The maximum Gasteiger partial charge on any atom is 0.255 e. The van der Waals surface area contributed by atoms with Crippen LogP contribution in [0.25, 0.3) is 0 Å². The lowest BCUT2D eigenvalue weighted by molar-refractivity contribution is 0.0706. The number of nitrogens with zero attached hydrogens (tertiary/aromatic N) is 1. The minimum atomic E-state index is -0.0338. The first-order chi connectivity index (χ1) is 9.13. The summed E-state index contributed by atoms with van der Waals surface area (Å²) in [6.07, 6.45) is 6.25. The Labute approximate surface area is 124 Å². The molecule has 1 aliphatic rings. The predicted octanol–water partition coefficient (Wildman–Crippen LogP) is 4.56. The van der Waals surface area contributed by atoms with E-state index in [2.05, 4.69) is 6.58 Å². The van der Waals surface area contributed by atoms with Crippen LogP contribution in [0.4, 0.5) is 0 Å². The van der Waals surface area contributed by atoms with Crippen molar-refractivity contribution in [1.29, 1.82) is 0 Å². The molecule has 0 N–H and O–H groups in total. The van der Waals surface area contributed by atoms with Crippen molar-refractivity contribution in [3.05, 3.63) is 46.5 Å². The van der Waals surface area contributed by atoms with E-state index in [9.17, 15) is 4.79 Å². The maximum absolute atomic E-state index is 12.6. The molecule has 0 radical (unpaired) electrons. The van der Waals surface area contributed by atoms with Gasteiger partial charge in [0.1, 0.15) is 0 Å². The van der Waals surface area contributed by atoms with Gasteiger partial charge in [0.25, 0.3) is 5.91 Å². The lowest BCUT2D eigenvalue weighted by Crippen LogP contribution is -2.39. The third-order valence-electron chi connectivity index (χ3n) is 3.51. The van der Waals surface area contributed by atoms with E-state index in [0.717, 1.165) is 12.8 Å². The zero-order valence-corrected chi connectivity index (χ0v) is 12.3. The van der Waals surface area contributed by atoms with Gasteiger partial charge in [-0.25, -0.2) is 0 Å². The molecule has 1 aliphatic carbocycles. The van der Waals surface area contributed by atoms with Crippen LogP contribution in [0.5, 0.6) is 0 Å². The van der Waals surface area contributed by atoms with Crippen molar-refractivity contribution >= 4 is 29.1 Å². The highest BCUT2D eigenvalue weighted by Crippen LogP contribution is 2.27. The molecular formula is C15H17Cl2NO. The summed E-state index contributed by atoms with van der Waals surface area (Å²) < 4.78 is 0. The average molecular weight is 298 g/mol. The van der Waals surface area contributed by atoms with Crippen LogP contribution < -0.4 is 0 Å². The van der Waals surface area contributed by atoms with E-state index in [0.29, 0.717) is 28.2 Å². The molecule has 0 aromatic heterocycles. The van der Waals surface area contributed by atoms with Gasteiger partial charge in [-0.15, -0.1) is 6.58 Å². The van der Waals surface area contributed by atoms with Gasteiger partial charge in [-0.3, -0.25) is 4.79 Å². The summed E-state index contributed by atoms with van der Waals surface area (Å²) in [6, 6.07) is 5.30. The molecule has 19 heavy (non-hydrogen) atoms. The summed E-state index contributed by atoms with van der Waals surface area (Å²) in [7, 11) is 0. The van der Waals surface area contributed by atoms with E-state index in [1.165, 1.54) is 12.8 Å². The van der Waals surface area contributed by atoms with E-state index in [1.807, 2.05) is 4.90 Å². The first kappa shape index (κ1) is 14.4. The summed E-state index contributed by atoms with van der Waals surface area (Å²) >= 11 is 12.0. The maximum atomic E-state index is 12.6. The van der Waals surface area contributed by atoms with E-state index >= 15 is 0 Å². The third kappa shape index (κ3) is 3.31. The molecule has 1 saturated carbocycles. The van der Waals surface area contributed by atoms with Crippen LogP contribution in [0, 0.1) is 0 Å². The Balaban J connectivity index is 2.25. The van der Waals surface area contributed by atoms with Crippen LogP contribution in [0.3, 0.4) is 0 Å². The monoisotopic (exact) mass is 297 g/mol. The molecule has 1 fully saturated rings. The van der Waals surface area contributed by atoms with Gasteiger partial charge in [0.15, 0.2) is 0 Å². The van der Waals surface area contributed by atoms with Gasteiger partial charge in [0.05, 0.1) is 10.6 Å². The number of benzene rings is 1. The van der Waals surface area contributed by atoms with Gasteiger partial charge in [-0.1, -0.05) is 42.1 Å². The Kier molecular flexibility index (Phi) is 4.89. The van der Waals surface area contributed by atoms with Gasteiger partial charge in [0, 0.05) is 17.6 Å². The van der Waals surface area contributed by atoms with Crippen molar-refractivity contribution in [2.24, 2.45) is 0 Å². The molecule has 2 rings (SSSR count). The average Bonchev–Trinajstić information content (AvgIpc) is 2.89. The largest absolute Gasteiger partial charge is 0.332 e. The molecule has 0 spiro atoms. The van der Waals surface area contributed by atoms with E-state index in [-0.39, 0.29) is 5.91 Å². The summed E-state index contributed by atoms with van der Waals surface area (Å²) in [4.78, 5) is 14.5. The number of carbonyl (C=O) groups excluding carboxylic acids is 1. The Morgan fingerprint density at radius 3 is 2.63 bits per heavy atom. The number of rotatable bonds is 4. The van der Waals surface area contributed by atoms with Crippen LogP contribution in [0.15, 0.2) is 30.9 Å². The smallest absolute Gasteiger partial charge is 0.255 e. The first-order valence-electron chi connectivity index (χ1n) is 6.50. The normalized spacial score (nSPS) is 15.5. The van der Waals surface area contributed by atoms with Crippen molar-refractivity contribution in [3.63, 3.8) is 0 Å². The number of amides is 1. The first-order valence-corrected chi connectivity index (χ1v) is 7.26. The van der Waals surface area contributed by atoms with E-state index in [4.69, 9.17) is 23.2 Å². The molecule has 0 saturated heterocycles. The van der Waals surface area contributed by atoms with Crippen molar-refractivity contribution in [1.82, 2.24) is 4.90 Å². The zero-order valence-electron chi connectivity index (χ0n) is 10.7. The fraction of sp³-hybridized carbons (Fsp3) is 0.400. The molecule has 1 aromatic rings. The van der Waals surface area contributed by atoms with E-state index < -0.39 is 0 Å². The Bertz CT molecular complexity index is 481. The van der Waals surface area contributed by atoms with Gasteiger partial charge < -0.3 is 4.90 Å². The van der Waals surface area contributed by atoms with Crippen LogP contribution in [-0.4, -0.2) is 23.4 Å². The SMILES string of the molecule is C=CCN(C(=O)c1ccc(Cl)cc1Cl)C1CCCC1. The fourth-order valence-corrected chi connectivity index (χ4v) is 3.06. The molecular weight excluding hydrogens is 281 g/mol. The number of hydrogen-bond donors (Lipinski definition) is 0. The molecule has 0 unspecified atom stereocenters. The zero-order chi connectivity index (χ0) is 13.8. The highest BCUT2D eigenvalue weighted by Gasteiger charge is 2.27. The molecule has 4 heteroatoms. The summed E-state index contributed by atoms with van der Waals surface area (Å²) in [5.74, 6) is -0.0338. The second kappa shape index (κ2) is 6.44.